The maximum atomic E-state index is 11.0. The molecule has 0 spiro atoms. The summed E-state index contributed by atoms with van der Waals surface area (Å²) in [4.78, 5) is 10.6. The number of hydrogen-bond donors (Lipinski definition) is 0. The predicted molar refractivity (Wildman–Crippen MR) is 112 cm³/mol. The van der Waals surface area contributed by atoms with Crippen LogP contribution >= 0.6 is 0 Å². The number of para-hydroxylation sites is 1. The summed E-state index contributed by atoms with van der Waals surface area (Å²) >= 11 is 0. The fourth-order valence-electron chi connectivity index (χ4n) is 4.03. The van der Waals surface area contributed by atoms with E-state index in [9.17, 15) is 10.1 Å². The van der Waals surface area contributed by atoms with Gasteiger partial charge in [-0.25, -0.2) is 5.01 Å². The number of benzene rings is 3. The van der Waals surface area contributed by atoms with Gasteiger partial charge in [-0.05, 0) is 23.8 Å². The molecule has 7 nitrogen and oxygen atoms in total. The van der Waals surface area contributed by atoms with Gasteiger partial charge in [0.25, 0.3) is 5.69 Å². The van der Waals surface area contributed by atoms with E-state index >= 15 is 0 Å². The van der Waals surface area contributed by atoms with Crippen LogP contribution in [0, 0.1) is 10.1 Å². The molecule has 0 N–H and O–H groups in total. The van der Waals surface area contributed by atoms with Crippen molar-refractivity contribution in [3.8, 4) is 11.5 Å². The maximum absolute atomic E-state index is 11.0. The Morgan fingerprint density at radius 3 is 2.53 bits per heavy atom. The molecule has 0 saturated heterocycles. The second-order valence-electron chi connectivity index (χ2n) is 7.21. The van der Waals surface area contributed by atoms with Gasteiger partial charge >= 0.3 is 0 Å². The summed E-state index contributed by atoms with van der Waals surface area (Å²) in [7, 11) is 1.62. The minimum Gasteiger partial charge on any atom is -0.493 e. The van der Waals surface area contributed by atoms with Crippen LogP contribution in [-0.4, -0.2) is 22.8 Å². The van der Waals surface area contributed by atoms with E-state index in [4.69, 9.17) is 14.6 Å². The fourth-order valence-corrected chi connectivity index (χ4v) is 4.03. The topological polar surface area (TPSA) is 77.2 Å². The van der Waals surface area contributed by atoms with Crippen LogP contribution in [0.5, 0.6) is 11.5 Å². The van der Waals surface area contributed by atoms with Crippen molar-refractivity contribution in [3.05, 3.63) is 99.6 Å². The first-order chi connectivity index (χ1) is 14.7. The Balaban J connectivity index is 1.60. The van der Waals surface area contributed by atoms with E-state index in [0.717, 1.165) is 28.8 Å². The largest absolute Gasteiger partial charge is 0.493 e. The Kier molecular flexibility index (Phi) is 4.35. The highest BCUT2D eigenvalue weighted by atomic mass is 16.6. The molecule has 2 aliphatic rings. The van der Waals surface area contributed by atoms with E-state index in [2.05, 4.69) is 0 Å². The fraction of sp³-hybridized carbons (Fsp3) is 0.174. The van der Waals surface area contributed by atoms with Gasteiger partial charge in [0.1, 0.15) is 0 Å². The molecule has 7 heteroatoms. The number of nitro groups is 1. The monoisotopic (exact) mass is 401 g/mol. The SMILES string of the molecule is COc1cccc2c1O[C@H](c1ccc([N+](=O)[O-])cc1)N1N=C(c3ccccc3)C[C@@H]21. The minimum absolute atomic E-state index is 0.0146. The third-order valence-corrected chi connectivity index (χ3v) is 5.50. The third kappa shape index (κ3) is 2.95. The molecule has 3 aromatic carbocycles. The average molecular weight is 401 g/mol. The minimum atomic E-state index is -0.513. The lowest BCUT2D eigenvalue weighted by Crippen LogP contribution is -2.33. The molecule has 0 aromatic heterocycles. The quantitative estimate of drug-likeness (QED) is 0.462. The smallest absolute Gasteiger partial charge is 0.269 e. The first kappa shape index (κ1) is 18.2. The van der Waals surface area contributed by atoms with Gasteiger partial charge in [-0.1, -0.05) is 42.5 Å². The number of nitro benzene ring substituents is 1. The van der Waals surface area contributed by atoms with E-state index < -0.39 is 11.2 Å². The number of fused-ring (bicyclic) bond motifs is 3. The Morgan fingerprint density at radius 2 is 1.83 bits per heavy atom. The van der Waals surface area contributed by atoms with Gasteiger partial charge in [-0.3, -0.25) is 10.1 Å². The van der Waals surface area contributed by atoms with Gasteiger partial charge in [0, 0.05) is 29.7 Å². The summed E-state index contributed by atoms with van der Waals surface area (Å²) in [5.41, 5.74) is 3.90. The first-order valence-corrected chi connectivity index (χ1v) is 9.65. The van der Waals surface area contributed by atoms with Crippen molar-refractivity contribution in [2.24, 2.45) is 5.10 Å². The summed E-state index contributed by atoms with van der Waals surface area (Å²) in [5, 5.41) is 17.9. The van der Waals surface area contributed by atoms with Gasteiger partial charge in [0.15, 0.2) is 11.5 Å². The number of rotatable bonds is 4. The average Bonchev–Trinajstić information content (AvgIpc) is 3.24. The van der Waals surface area contributed by atoms with Gasteiger partial charge < -0.3 is 9.47 Å². The van der Waals surface area contributed by atoms with Crippen molar-refractivity contribution >= 4 is 11.4 Å². The molecule has 150 valence electrons. The normalized spacial score (nSPS) is 19.4. The zero-order valence-electron chi connectivity index (χ0n) is 16.3. The van der Waals surface area contributed by atoms with E-state index in [1.165, 1.54) is 12.1 Å². The molecule has 0 saturated carbocycles. The lowest BCUT2D eigenvalue weighted by Gasteiger charge is -2.38. The van der Waals surface area contributed by atoms with E-state index in [-0.39, 0.29) is 11.7 Å². The molecule has 2 heterocycles. The third-order valence-electron chi connectivity index (χ3n) is 5.50. The number of ether oxygens (including phenoxy) is 2. The van der Waals surface area contributed by atoms with Gasteiger partial charge in [-0.15, -0.1) is 0 Å². The number of nitrogens with zero attached hydrogens (tertiary/aromatic N) is 3. The molecule has 3 aromatic rings. The molecule has 0 bridgehead atoms. The molecule has 0 aliphatic carbocycles. The molecule has 0 fully saturated rings. The van der Waals surface area contributed by atoms with Crippen LogP contribution in [0.3, 0.4) is 0 Å². The van der Waals surface area contributed by atoms with Crippen molar-refractivity contribution in [2.45, 2.75) is 18.7 Å². The van der Waals surface area contributed by atoms with E-state index in [1.54, 1.807) is 19.2 Å². The van der Waals surface area contributed by atoms with Crippen LogP contribution in [0.4, 0.5) is 5.69 Å². The highest BCUT2D eigenvalue weighted by Gasteiger charge is 2.42. The van der Waals surface area contributed by atoms with Crippen LogP contribution in [0.2, 0.25) is 0 Å². The van der Waals surface area contributed by atoms with Gasteiger partial charge in [-0.2, -0.15) is 5.10 Å². The Bertz CT molecular complexity index is 1130. The molecule has 0 radical (unpaired) electrons. The zero-order valence-corrected chi connectivity index (χ0v) is 16.3. The van der Waals surface area contributed by atoms with Crippen LogP contribution in [-0.2, 0) is 0 Å². The Hall–Kier alpha value is -3.87. The summed E-state index contributed by atoms with van der Waals surface area (Å²) in [6.45, 7) is 0. The number of non-ortho nitro benzene ring substituents is 1. The van der Waals surface area contributed by atoms with Crippen LogP contribution in [0.25, 0.3) is 0 Å². The second kappa shape index (κ2) is 7.18. The van der Waals surface area contributed by atoms with E-state index in [0.29, 0.717) is 11.5 Å². The summed E-state index contributed by atoms with van der Waals surface area (Å²) in [6, 6.07) is 22.3. The first-order valence-electron chi connectivity index (χ1n) is 9.65. The predicted octanol–water partition coefficient (Wildman–Crippen LogP) is 4.85. The van der Waals surface area contributed by atoms with Crippen molar-refractivity contribution < 1.29 is 14.4 Å². The lowest BCUT2D eigenvalue weighted by molar-refractivity contribution is -0.384. The summed E-state index contributed by atoms with van der Waals surface area (Å²) < 4.78 is 11.9. The highest BCUT2D eigenvalue weighted by molar-refractivity contribution is 6.01. The molecule has 5 rings (SSSR count). The van der Waals surface area contributed by atoms with Crippen molar-refractivity contribution in [1.82, 2.24) is 5.01 Å². The van der Waals surface area contributed by atoms with Gasteiger partial charge in [0.2, 0.25) is 6.23 Å². The number of methoxy groups -OCH3 is 1. The molecule has 0 amide bonds. The molecule has 0 unspecified atom stereocenters. The number of hydrazone groups is 1. The van der Waals surface area contributed by atoms with Gasteiger partial charge in [0.05, 0.1) is 23.8 Å². The molecular formula is C23H19N3O4. The number of hydrogen-bond acceptors (Lipinski definition) is 6. The lowest BCUT2D eigenvalue weighted by atomic mass is 9.95. The van der Waals surface area contributed by atoms with Crippen LogP contribution in [0.15, 0.2) is 77.9 Å². The van der Waals surface area contributed by atoms with Crippen molar-refractivity contribution in [3.63, 3.8) is 0 Å². The maximum Gasteiger partial charge on any atom is 0.269 e. The van der Waals surface area contributed by atoms with Crippen molar-refractivity contribution in [1.29, 1.82) is 0 Å². The second-order valence-corrected chi connectivity index (χ2v) is 7.21. The van der Waals surface area contributed by atoms with Crippen LogP contribution in [0.1, 0.15) is 35.4 Å². The van der Waals surface area contributed by atoms with Crippen LogP contribution < -0.4 is 9.47 Å². The van der Waals surface area contributed by atoms with E-state index in [1.807, 2.05) is 53.5 Å². The Morgan fingerprint density at radius 1 is 1.07 bits per heavy atom. The Labute approximate surface area is 173 Å². The highest BCUT2D eigenvalue weighted by Crippen LogP contribution is 2.50. The molecule has 30 heavy (non-hydrogen) atoms. The summed E-state index contributed by atoms with van der Waals surface area (Å²) in [5.74, 6) is 1.35. The standard InChI is InChI=1S/C23H19N3O4/c1-29-21-9-5-8-18-20-14-19(15-6-3-2-4-7-15)24-25(20)23(30-22(18)21)16-10-12-17(13-11-16)26(27)28/h2-13,20,23H,14H2,1H3/t20-,23+/m0/s1. The molecular weight excluding hydrogens is 382 g/mol. The molecule has 2 aliphatic heterocycles. The zero-order chi connectivity index (χ0) is 20.7. The van der Waals surface area contributed by atoms with Crippen molar-refractivity contribution in [2.75, 3.05) is 7.11 Å². The molecule has 2 atom stereocenters. The summed E-state index contributed by atoms with van der Waals surface area (Å²) in [6.07, 6.45) is 0.220.